The molecule has 1 aromatic rings. The molecule has 0 radical (unpaired) electrons. The van der Waals surface area contributed by atoms with Gasteiger partial charge in [0.1, 0.15) is 0 Å². The van der Waals surface area contributed by atoms with Crippen LogP contribution in [0.25, 0.3) is 0 Å². The number of nitrogens with one attached hydrogen (secondary N) is 1. The van der Waals surface area contributed by atoms with Crippen LogP contribution in [0, 0.1) is 0 Å². The first-order valence-corrected chi connectivity index (χ1v) is 8.15. The Kier molecular flexibility index (Phi) is 8.91. The van der Waals surface area contributed by atoms with Crippen LogP contribution < -0.4 is 14.8 Å². The van der Waals surface area contributed by atoms with Gasteiger partial charge in [-0.2, -0.15) is 0 Å². The molecule has 0 saturated carbocycles. The molecule has 0 saturated heterocycles. The number of hydrogen-bond donors (Lipinski definition) is 1. The van der Waals surface area contributed by atoms with Crippen molar-refractivity contribution in [3.63, 3.8) is 0 Å². The molecule has 0 aromatic heterocycles. The zero-order valence-electron chi connectivity index (χ0n) is 14.1. The Morgan fingerprint density at radius 1 is 1.00 bits per heavy atom. The first-order valence-electron chi connectivity index (χ1n) is 8.15. The van der Waals surface area contributed by atoms with Crippen molar-refractivity contribution in [2.24, 2.45) is 0 Å². The molecular weight excluding hydrogens is 262 g/mol. The van der Waals surface area contributed by atoms with Gasteiger partial charge in [-0.25, -0.2) is 0 Å². The number of methoxy groups -OCH3 is 2. The Hall–Kier alpha value is -1.22. The number of ether oxygens (including phenoxy) is 2. The summed E-state index contributed by atoms with van der Waals surface area (Å²) in [5, 5.41) is 3.58. The minimum atomic E-state index is 0.555. The molecule has 1 atom stereocenters. The van der Waals surface area contributed by atoms with E-state index in [2.05, 4.69) is 25.2 Å². The van der Waals surface area contributed by atoms with Gasteiger partial charge in [0.15, 0.2) is 11.5 Å². The summed E-state index contributed by atoms with van der Waals surface area (Å²) < 4.78 is 10.6. The molecule has 1 aromatic carbocycles. The lowest BCUT2D eigenvalue weighted by Crippen LogP contribution is -2.25. The first-order chi connectivity index (χ1) is 10.2. The van der Waals surface area contributed by atoms with Crippen LogP contribution in [-0.4, -0.2) is 20.3 Å². The van der Waals surface area contributed by atoms with Crippen LogP contribution in [0.2, 0.25) is 0 Å². The van der Waals surface area contributed by atoms with Gasteiger partial charge >= 0.3 is 0 Å². The van der Waals surface area contributed by atoms with Crippen molar-refractivity contribution in [1.29, 1.82) is 0 Å². The summed E-state index contributed by atoms with van der Waals surface area (Å²) in [5.41, 5.74) is 1.23. The molecule has 0 aliphatic rings. The highest BCUT2D eigenvalue weighted by Crippen LogP contribution is 2.27. The second-order valence-corrected chi connectivity index (χ2v) is 5.67. The highest BCUT2D eigenvalue weighted by molar-refractivity contribution is 5.42. The smallest absolute Gasteiger partial charge is 0.161 e. The van der Waals surface area contributed by atoms with E-state index in [0.717, 1.165) is 18.0 Å². The third kappa shape index (κ3) is 6.85. The lowest BCUT2D eigenvalue weighted by atomic mass is 10.1. The van der Waals surface area contributed by atoms with Gasteiger partial charge in [0.25, 0.3) is 0 Å². The first kappa shape index (κ1) is 17.8. The topological polar surface area (TPSA) is 30.5 Å². The molecule has 3 heteroatoms. The van der Waals surface area contributed by atoms with Crippen LogP contribution in [0.4, 0.5) is 0 Å². The fourth-order valence-corrected chi connectivity index (χ4v) is 2.44. The van der Waals surface area contributed by atoms with E-state index in [1.54, 1.807) is 14.2 Å². The Morgan fingerprint density at radius 3 is 2.38 bits per heavy atom. The molecule has 120 valence electrons. The maximum atomic E-state index is 5.33. The molecule has 3 nitrogen and oxygen atoms in total. The van der Waals surface area contributed by atoms with Crippen LogP contribution >= 0.6 is 0 Å². The molecule has 0 fully saturated rings. The standard InChI is InChI=1S/C18H31NO2/c1-5-6-7-8-9-10-15(2)19-14-16-11-12-17(20-3)18(13-16)21-4/h11-13,15,19H,5-10,14H2,1-4H3. The van der Waals surface area contributed by atoms with Crippen LogP contribution in [-0.2, 0) is 6.54 Å². The van der Waals surface area contributed by atoms with E-state index in [1.165, 1.54) is 44.1 Å². The third-order valence-electron chi connectivity index (χ3n) is 3.84. The second-order valence-electron chi connectivity index (χ2n) is 5.67. The summed E-state index contributed by atoms with van der Waals surface area (Å²) in [6.45, 7) is 5.39. The molecule has 0 heterocycles. The van der Waals surface area contributed by atoms with E-state index in [4.69, 9.17) is 9.47 Å². The van der Waals surface area contributed by atoms with Crippen molar-refractivity contribution in [2.45, 2.75) is 65.0 Å². The molecule has 0 spiro atoms. The van der Waals surface area contributed by atoms with E-state index in [9.17, 15) is 0 Å². The molecule has 0 amide bonds. The average molecular weight is 293 g/mol. The fraction of sp³-hybridized carbons (Fsp3) is 0.667. The quantitative estimate of drug-likeness (QED) is 0.607. The largest absolute Gasteiger partial charge is 0.493 e. The number of benzene rings is 1. The Bertz CT molecular complexity index is 393. The van der Waals surface area contributed by atoms with Crippen molar-refractivity contribution in [2.75, 3.05) is 14.2 Å². The van der Waals surface area contributed by atoms with E-state index >= 15 is 0 Å². The minimum Gasteiger partial charge on any atom is -0.493 e. The minimum absolute atomic E-state index is 0.555. The van der Waals surface area contributed by atoms with E-state index in [0.29, 0.717) is 6.04 Å². The SMILES string of the molecule is CCCCCCCC(C)NCc1ccc(OC)c(OC)c1. The van der Waals surface area contributed by atoms with E-state index in [-0.39, 0.29) is 0 Å². The van der Waals surface area contributed by atoms with Gasteiger partial charge in [0.05, 0.1) is 14.2 Å². The van der Waals surface area contributed by atoms with Crippen LogP contribution in [0.15, 0.2) is 18.2 Å². The van der Waals surface area contributed by atoms with Crippen LogP contribution in [0.1, 0.15) is 57.9 Å². The lowest BCUT2D eigenvalue weighted by Gasteiger charge is -2.15. The zero-order valence-corrected chi connectivity index (χ0v) is 14.1. The third-order valence-corrected chi connectivity index (χ3v) is 3.84. The van der Waals surface area contributed by atoms with Crippen molar-refractivity contribution >= 4 is 0 Å². The highest BCUT2D eigenvalue weighted by Gasteiger charge is 2.06. The van der Waals surface area contributed by atoms with Gasteiger partial charge in [-0.15, -0.1) is 0 Å². The predicted molar refractivity (Wildman–Crippen MR) is 89.2 cm³/mol. The summed E-state index contributed by atoms with van der Waals surface area (Å²) in [7, 11) is 3.34. The second kappa shape index (κ2) is 10.5. The Labute approximate surface area is 130 Å². The molecule has 0 bridgehead atoms. The number of hydrogen-bond acceptors (Lipinski definition) is 3. The molecule has 21 heavy (non-hydrogen) atoms. The zero-order chi connectivity index (χ0) is 15.5. The van der Waals surface area contributed by atoms with E-state index < -0.39 is 0 Å². The maximum absolute atomic E-state index is 5.33. The molecule has 0 aliphatic carbocycles. The van der Waals surface area contributed by atoms with Crippen molar-refractivity contribution in [3.8, 4) is 11.5 Å². The molecule has 1 unspecified atom stereocenters. The predicted octanol–water partition coefficient (Wildman–Crippen LogP) is 4.54. The van der Waals surface area contributed by atoms with Gasteiger partial charge in [-0.1, -0.05) is 45.1 Å². The van der Waals surface area contributed by atoms with Crippen molar-refractivity contribution in [1.82, 2.24) is 5.32 Å². The molecular formula is C18H31NO2. The van der Waals surface area contributed by atoms with E-state index in [1.807, 2.05) is 12.1 Å². The van der Waals surface area contributed by atoms with Crippen LogP contribution in [0.5, 0.6) is 11.5 Å². The van der Waals surface area contributed by atoms with Gasteiger partial charge in [-0.05, 0) is 31.0 Å². The van der Waals surface area contributed by atoms with Gasteiger partial charge in [0, 0.05) is 12.6 Å². The Morgan fingerprint density at radius 2 is 1.71 bits per heavy atom. The van der Waals surface area contributed by atoms with Crippen molar-refractivity contribution in [3.05, 3.63) is 23.8 Å². The molecule has 0 aliphatic heterocycles. The summed E-state index contributed by atoms with van der Waals surface area (Å²) in [6, 6.07) is 6.65. The van der Waals surface area contributed by atoms with Crippen molar-refractivity contribution < 1.29 is 9.47 Å². The van der Waals surface area contributed by atoms with Crippen LogP contribution in [0.3, 0.4) is 0 Å². The van der Waals surface area contributed by atoms with Gasteiger partial charge in [0.2, 0.25) is 0 Å². The molecule has 1 N–H and O–H groups in total. The maximum Gasteiger partial charge on any atom is 0.161 e. The molecule has 1 rings (SSSR count). The van der Waals surface area contributed by atoms with Gasteiger partial charge in [-0.3, -0.25) is 0 Å². The monoisotopic (exact) mass is 293 g/mol. The average Bonchev–Trinajstić information content (AvgIpc) is 2.52. The summed E-state index contributed by atoms with van der Waals surface area (Å²) in [4.78, 5) is 0. The highest BCUT2D eigenvalue weighted by atomic mass is 16.5. The normalized spacial score (nSPS) is 12.2. The Balaban J connectivity index is 2.30. The fourth-order valence-electron chi connectivity index (χ4n) is 2.44. The summed E-state index contributed by atoms with van der Waals surface area (Å²) in [5.74, 6) is 1.58. The summed E-state index contributed by atoms with van der Waals surface area (Å²) in [6.07, 6.45) is 7.98. The number of unbranched alkanes of at least 4 members (excludes halogenated alkanes) is 4. The summed E-state index contributed by atoms with van der Waals surface area (Å²) >= 11 is 0. The van der Waals surface area contributed by atoms with Gasteiger partial charge < -0.3 is 14.8 Å². The number of rotatable bonds is 11. The lowest BCUT2D eigenvalue weighted by molar-refractivity contribution is 0.354.